The fourth-order valence-corrected chi connectivity index (χ4v) is 2.95. The van der Waals surface area contributed by atoms with Crippen molar-refractivity contribution >= 4 is 16.9 Å². The van der Waals surface area contributed by atoms with Gasteiger partial charge in [-0.2, -0.15) is 0 Å². The van der Waals surface area contributed by atoms with Gasteiger partial charge in [0.25, 0.3) is 0 Å². The fraction of sp³-hybridized carbons (Fsp3) is 0.529. The van der Waals surface area contributed by atoms with Gasteiger partial charge in [-0.05, 0) is 18.6 Å². The van der Waals surface area contributed by atoms with Gasteiger partial charge in [-0.1, -0.05) is 19.1 Å². The Kier molecular flexibility index (Phi) is 4.73. The third-order valence-corrected chi connectivity index (χ3v) is 4.22. The van der Waals surface area contributed by atoms with Crippen molar-refractivity contribution in [3.63, 3.8) is 0 Å². The Morgan fingerprint density at radius 2 is 2.32 bits per heavy atom. The van der Waals surface area contributed by atoms with E-state index >= 15 is 0 Å². The third kappa shape index (κ3) is 3.30. The van der Waals surface area contributed by atoms with Crippen molar-refractivity contribution in [2.45, 2.75) is 32.7 Å². The highest BCUT2D eigenvalue weighted by molar-refractivity contribution is 5.78. The average molecular weight is 301 g/mol. The lowest BCUT2D eigenvalue weighted by molar-refractivity contribution is -0.121. The summed E-state index contributed by atoms with van der Waals surface area (Å²) in [5, 5.41) is 3.02. The van der Waals surface area contributed by atoms with Gasteiger partial charge >= 0.3 is 0 Å². The first-order valence-electron chi connectivity index (χ1n) is 8.06. The number of benzene rings is 1. The maximum atomic E-state index is 12.0. The molecule has 2 heterocycles. The molecule has 5 nitrogen and oxygen atoms in total. The van der Waals surface area contributed by atoms with E-state index in [-0.39, 0.29) is 5.91 Å². The van der Waals surface area contributed by atoms with Crippen LogP contribution in [-0.4, -0.2) is 35.2 Å². The minimum atomic E-state index is 0.103. The lowest BCUT2D eigenvalue weighted by Gasteiger charge is -2.11. The van der Waals surface area contributed by atoms with E-state index in [0.717, 1.165) is 49.5 Å². The van der Waals surface area contributed by atoms with Crippen LogP contribution in [0.5, 0.6) is 0 Å². The average Bonchev–Trinajstić information content (AvgIpc) is 3.18. The molecule has 5 heteroatoms. The number of rotatable bonds is 6. The van der Waals surface area contributed by atoms with Crippen LogP contribution in [0.4, 0.5) is 0 Å². The van der Waals surface area contributed by atoms with E-state index in [1.807, 2.05) is 18.2 Å². The second-order valence-electron chi connectivity index (χ2n) is 5.81. The topological polar surface area (TPSA) is 56.2 Å². The summed E-state index contributed by atoms with van der Waals surface area (Å²) in [4.78, 5) is 16.7. The number of imidazole rings is 1. The van der Waals surface area contributed by atoms with Crippen molar-refractivity contribution in [2.75, 3.05) is 19.8 Å². The lowest BCUT2D eigenvalue weighted by Crippen LogP contribution is -2.30. The number of hydrogen-bond acceptors (Lipinski definition) is 3. The Labute approximate surface area is 130 Å². The number of hydrogen-bond donors (Lipinski definition) is 1. The van der Waals surface area contributed by atoms with Crippen molar-refractivity contribution in [1.29, 1.82) is 0 Å². The quantitative estimate of drug-likeness (QED) is 0.889. The van der Waals surface area contributed by atoms with Crippen LogP contribution < -0.4 is 5.32 Å². The zero-order chi connectivity index (χ0) is 15.4. The molecule has 0 spiro atoms. The molecular formula is C17H23N3O2. The van der Waals surface area contributed by atoms with Crippen LogP contribution in [0, 0.1) is 5.92 Å². The summed E-state index contributed by atoms with van der Waals surface area (Å²) >= 11 is 0. The van der Waals surface area contributed by atoms with E-state index in [1.54, 1.807) is 0 Å². The second kappa shape index (κ2) is 6.92. The number of nitrogens with one attached hydrogen (secondary N) is 1. The molecule has 1 aromatic heterocycles. The molecule has 0 radical (unpaired) electrons. The molecule has 1 fully saturated rings. The van der Waals surface area contributed by atoms with Crippen LogP contribution in [0.1, 0.15) is 25.6 Å². The monoisotopic (exact) mass is 301 g/mol. The maximum Gasteiger partial charge on any atom is 0.221 e. The van der Waals surface area contributed by atoms with Crippen molar-refractivity contribution in [3.8, 4) is 0 Å². The van der Waals surface area contributed by atoms with Crippen molar-refractivity contribution in [3.05, 3.63) is 30.1 Å². The predicted octanol–water partition coefficient (Wildman–Crippen LogP) is 2.14. The van der Waals surface area contributed by atoms with E-state index in [9.17, 15) is 4.79 Å². The maximum absolute atomic E-state index is 12.0. The summed E-state index contributed by atoms with van der Waals surface area (Å²) < 4.78 is 7.48. The Balaban J connectivity index is 1.59. The molecule has 2 aromatic rings. The zero-order valence-electron chi connectivity index (χ0n) is 13.0. The van der Waals surface area contributed by atoms with Crippen LogP contribution in [0.2, 0.25) is 0 Å². The largest absolute Gasteiger partial charge is 0.381 e. The first-order chi connectivity index (χ1) is 10.8. The number of fused-ring (bicyclic) bond motifs is 1. The van der Waals surface area contributed by atoms with E-state index in [1.165, 1.54) is 0 Å². The van der Waals surface area contributed by atoms with E-state index in [2.05, 4.69) is 27.9 Å². The molecule has 0 bridgehead atoms. The molecule has 0 saturated carbocycles. The number of para-hydroxylation sites is 2. The number of aromatic nitrogens is 2. The summed E-state index contributed by atoms with van der Waals surface area (Å²) in [6, 6.07) is 8.09. The Bertz CT molecular complexity index is 644. The summed E-state index contributed by atoms with van der Waals surface area (Å²) in [6.45, 7) is 5.09. The smallest absolute Gasteiger partial charge is 0.221 e. The molecule has 0 unspecified atom stereocenters. The van der Waals surface area contributed by atoms with Gasteiger partial charge < -0.3 is 14.6 Å². The zero-order valence-corrected chi connectivity index (χ0v) is 13.0. The molecule has 22 heavy (non-hydrogen) atoms. The van der Waals surface area contributed by atoms with E-state index in [0.29, 0.717) is 18.9 Å². The summed E-state index contributed by atoms with van der Waals surface area (Å²) in [6.07, 6.45) is 2.41. The van der Waals surface area contributed by atoms with Gasteiger partial charge in [-0.3, -0.25) is 4.79 Å². The Morgan fingerprint density at radius 3 is 3.09 bits per heavy atom. The van der Waals surface area contributed by atoms with Crippen molar-refractivity contribution in [1.82, 2.24) is 14.9 Å². The minimum absolute atomic E-state index is 0.103. The first-order valence-corrected chi connectivity index (χ1v) is 8.06. The van der Waals surface area contributed by atoms with Crippen LogP contribution in [-0.2, 0) is 22.5 Å². The van der Waals surface area contributed by atoms with E-state index < -0.39 is 0 Å². The lowest BCUT2D eigenvalue weighted by atomic mass is 10.1. The Morgan fingerprint density at radius 1 is 1.45 bits per heavy atom. The van der Waals surface area contributed by atoms with Crippen LogP contribution in [0.25, 0.3) is 11.0 Å². The Hall–Kier alpha value is -1.88. The fourth-order valence-electron chi connectivity index (χ4n) is 2.95. The molecule has 1 aliphatic rings. The van der Waals surface area contributed by atoms with E-state index in [4.69, 9.17) is 4.74 Å². The molecule has 1 amide bonds. The highest BCUT2D eigenvalue weighted by Crippen LogP contribution is 2.17. The van der Waals surface area contributed by atoms with Gasteiger partial charge in [-0.15, -0.1) is 0 Å². The predicted molar refractivity (Wildman–Crippen MR) is 85.7 cm³/mol. The van der Waals surface area contributed by atoms with Crippen LogP contribution in [0.15, 0.2) is 24.3 Å². The highest BCUT2D eigenvalue weighted by atomic mass is 16.5. The minimum Gasteiger partial charge on any atom is -0.381 e. The molecule has 1 aromatic carbocycles. The molecule has 0 aliphatic carbocycles. The van der Waals surface area contributed by atoms with Gasteiger partial charge in [0.15, 0.2) is 0 Å². The van der Waals surface area contributed by atoms with Crippen LogP contribution in [0.3, 0.4) is 0 Å². The molecule has 1 aliphatic heterocycles. The second-order valence-corrected chi connectivity index (χ2v) is 5.81. The first kappa shape index (κ1) is 15.0. The molecule has 3 rings (SSSR count). The van der Waals surface area contributed by atoms with Gasteiger partial charge in [0.2, 0.25) is 5.91 Å². The van der Waals surface area contributed by atoms with Gasteiger partial charge in [0.05, 0.1) is 17.6 Å². The number of aryl methyl sites for hydroxylation is 2. The normalized spacial score (nSPS) is 18.0. The standard InChI is InChI=1S/C17H23N3O2/c1-2-16-19-14-5-3-4-6-15(14)20(16)9-7-17(21)18-11-13-8-10-22-12-13/h3-6,13H,2,7-12H2,1H3,(H,18,21)/t13-/m0/s1. The van der Waals surface area contributed by atoms with Gasteiger partial charge in [0.1, 0.15) is 5.82 Å². The molecule has 1 saturated heterocycles. The third-order valence-electron chi connectivity index (χ3n) is 4.22. The molecule has 1 N–H and O–H groups in total. The van der Waals surface area contributed by atoms with Crippen molar-refractivity contribution in [2.24, 2.45) is 5.92 Å². The SMILES string of the molecule is CCc1nc2ccccc2n1CCC(=O)NC[C@@H]1CCOC1. The summed E-state index contributed by atoms with van der Waals surface area (Å²) in [5.41, 5.74) is 2.11. The molecule has 118 valence electrons. The molecular weight excluding hydrogens is 278 g/mol. The number of carbonyl (C=O) groups excluding carboxylic acids is 1. The number of ether oxygens (including phenoxy) is 1. The summed E-state index contributed by atoms with van der Waals surface area (Å²) in [7, 11) is 0. The van der Waals surface area contributed by atoms with Gasteiger partial charge in [-0.25, -0.2) is 4.98 Å². The number of carbonyl (C=O) groups is 1. The summed E-state index contributed by atoms with van der Waals surface area (Å²) in [5.74, 6) is 1.62. The van der Waals surface area contributed by atoms with Gasteiger partial charge in [0, 0.05) is 38.5 Å². The van der Waals surface area contributed by atoms with Crippen LogP contribution >= 0.6 is 0 Å². The molecule has 1 atom stereocenters. The highest BCUT2D eigenvalue weighted by Gasteiger charge is 2.16. The van der Waals surface area contributed by atoms with Crippen molar-refractivity contribution < 1.29 is 9.53 Å². The number of nitrogens with zero attached hydrogens (tertiary/aromatic N) is 2. The number of amides is 1.